The molecule has 0 aromatic heterocycles. The molecule has 2 N–H and O–H groups in total. The van der Waals surface area contributed by atoms with Crippen LogP contribution in [0.25, 0.3) is 0 Å². The minimum Gasteiger partial charge on any atom is -0.478 e. The summed E-state index contributed by atoms with van der Waals surface area (Å²) in [7, 11) is 0. The van der Waals surface area contributed by atoms with Crippen LogP contribution in [-0.4, -0.2) is 39.5 Å². The van der Waals surface area contributed by atoms with Crippen LogP contribution < -0.4 is 5.32 Å². The molecule has 1 unspecified atom stereocenters. The number of carboxylic acid groups (broad SMARTS) is 1. The van der Waals surface area contributed by atoms with Gasteiger partial charge >= 0.3 is 5.97 Å². The summed E-state index contributed by atoms with van der Waals surface area (Å²) in [4.78, 5) is 33.2. The number of hydrogen-bond acceptors (Lipinski definition) is 5. The van der Waals surface area contributed by atoms with Gasteiger partial charge in [0.25, 0.3) is 11.6 Å². The number of non-ortho nitro benzene ring substituents is 1. The molecule has 0 saturated carbocycles. The Balaban J connectivity index is 2.88. The van der Waals surface area contributed by atoms with Crippen molar-refractivity contribution in [2.45, 2.75) is 26.3 Å². The van der Waals surface area contributed by atoms with Crippen LogP contribution in [0.4, 0.5) is 5.69 Å². The van der Waals surface area contributed by atoms with Gasteiger partial charge < -0.3 is 10.4 Å². The van der Waals surface area contributed by atoms with E-state index in [2.05, 4.69) is 5.32 Å². The molecule has 0 aliphatic heterocycles. The lowest BCUT2D eigenvalue weighted by Crippen LogP contribution is -2.33. The molecule has 0 radical (unpaired) electrons. The number of amides is 1. The lowest BCUT2D eigenvalue weighted by atomic mass is 10.1. The van der Waals surface area contributed by atoms with Crippen molar-refractivity contribution in [1.82, 2.24) is 5.32 Å². The van der Waals surface area contributed by atoms with E-state index >= 15 is 0 Å². The fraction of sp³-hybridized carbons (Fsp3) is 0.429. The molecule has 0 aliphatic rings. The van der Waals surface area contributed by atoms with Crippen molar-refractivity contribution in [2.75, 3.05) is 11.5 Å². The van der Waals surface area contributed by atoms with Crippen LogP contribution in [-0.2, 0) is 0 Å². The van der Waals surface area contributed by atoms with Crippen LogP contribution in [0, 0.1) is 10.1 Å². The highest BCUT2D eigenvalue weighted by Crippen LogP contribution is 2.18. The Labute approximate surface area is 132 Å². The Bertz CT molecular complexity index is 544. The van der Waals surface area contributed by atoms with Gasteiger partial charge in [-0.3, -0.25) is 14.9 Å². The zero-order valence-electron chi connectivity index (χ0n) is 12.4. The molecule has 1 amide bonds. The molecule has 0 fully saturated rings. The van der Waals surface area contributed by atoms with Crippen molar-refractivity contribution < 1.29 is 19.6 Å². The van der Waals surface area contributed by atoms with Crippen LogP contribution in [0.15, 0.2) is 18.2 Å². The average Bonchev–Trinajstić information content (AvgIpc) is 2.46. The second-order valence-corrected chi connectivity index (χ2v) is 6.08. The highest BCUT2D eigenvalue weighted by molar-refractivity contribution is 7.99. The van der Waals surface area contributed by atoms with E-state index in [4.69, 9.17) is 5.11 Å². The zero-order chi connectivity index (χ0) is 16.7. The molecule has 0 spiro atoms. The molecule has 8 heteroatoms. The smallest absolute Gasteiger partial charge is 0.335 e. The summed E-state index contributed by atoms with van der Waals surface area (Å²) in [5, 5.41) is 22.5. The van der Waals surface area contributed by atoms with Gasteiger partial charge in [-0.05, 0) is 30.9 Å². The molecule has 120 valence electrons. The predicted octanol–water partition coefficient (Wildman–Crippen LogP) is 2.55. The summed E-state index contributed by atoms with van der Waals surface area (Å²) >= 11 is 1.75. The predicted molar refractivity (Wildman–Crippen MR) is 84.6 cm³/mol. The number of nitrogens with zero attached hydrogens (tertiary/aromatic N) is 1. The average molecular weight is 326 g/mol. The van der Waals surface area contributed by atoms with E-state index < -0.39 is 22.5 Å². The number of carboxylic acids is 1. The van der Waals surface area contributed by atoms with Crippen LogP contribution in [0.5, 0.6) is 0 Å². The van der Waals surface area contributed by atoms with E-state index in [1.165, 1.54) is 0 Å². The number of carbonyl (C=O) groups excluding carboxylic acids is 1. The van der Waals surface area contributed by atoms with Gasteiger partial charge in [-0.2, -0.15) is 11.8 Å². The van der Waals surface area contributed by atoms with Gasteiger partial charge in [0.1, 0.15) is 0 Å². The maximum Gasteiger partial charge on any atom is 0.335 e. The molecule has 0 heterocycles. The molecule has 0 aliphatic carbocycles. The standard InChI is InChI=1S/C14H18N2O5S/c1-3-22-5-4-9(2)15-13(17)10-6-11(14(18)19)8-12(7-10)16(20)21/h6-9H,3-5H2,1-2H3,(H,15,17)(H,18,19). The van der Waals surface area contributed by atoms with E-state index in [0.717, 1.165) is 36.1 Å². The lowest BCUT2D eigenvalue weighted by molar-refractivity contribution is -0.384. The van der Waals surface area contributed by atoms with E-state index in [1.807, 2.05) is 13.8 Å². The van der Waals surface area contributed by atoms with Gasteiger partial charge in [-0.15, -0.1) is 0 Å². The van der Waals surface area contributed by atoms with E-state index in [-0.39, 0.29) is 17.2 Å². The topological polar surface area (TPSA) is 110 Å². The molecule has 7 nitrogen and oxygen atoms in total. The number of nitrogens with one attached hydrogen (secondary N) is 1. The molecule has 1 aromatic carbocycles. The van der Waals surface area contributed by atoms with Crippen molar-refractivity contribution >= 4 is 29.3 Å². The summed E-state index contributed by atoms with van der Waals surface area (Å²) in [5.41, 5.74) is -0.727. The second kappa shape index (κ2) is 8.38. The van der Waals surface area contributed by atoms with Gasteiger partial charge in [0.2, 0.25) is 0 Å². The van der Waals surface area contributed by atoms with Crippen molar-refractivity contribution in [3.63, 3.8) is 0 Å². The van der Waals surface area contributed by atoms with Crippen molar-refractivity contribution in [3.05, 3.63) is 39.4 Å². The first-order valence-electron chi connectivity index (χ1n) is 6.76. The highest BCUT2D eigenvalue weighted by atomic mass is 32.2. The molecule has 22 heavy (non-hydrogen) atoms. The quantitative estimate of drug-likeness (QED) is 0.431. The van der Waals surface area contributed by atoms with Crippen molar-refractivity contribution in [1.29, 1.82) is 0 Å². The SMILES string of the molecule is CCSCCC(C)NC(=O)c1cc(C(=O)O)cc([N+](=O)[O-])c1. The summed E-state index contributed by atoms with van der Waals surface area (Å²) in [6.45, 7) is 3.88. The van der Waals surface area contributed by atoms with E-state index in [0.29, 0.717) is 0 Å². The van der Waals surface area contributed by atoms with E-state index in [9.17, 15) is 19.7 Å². The highest BCUT2D eigenvalue weighted by Gasteiger charge is 2.18. The first-order chi connectivity index (χ1) is 10.3. The van der Waals surface area contributed by atoms with Crippen LogP contribution in [0.2, 0.25) is 0 Å². The Kier molecular flexibility index (Phi) is 6.84. The monoisotopic (exact) mass is 326 g/mol. The zero-order valence-corrected chi connectivity index (χ0v) is 13.2. The summed E-state index contributed by atoms with van der Waals surface area (Å²) < 4.78 is 0. The number of nitro benzene ring substituents is 1. The number of carbonyl (C=O) groups is 2. The maximum atomic E-state index is 12.1. The third kappa shape index (κ3) is 5.36. The number of thioether (sulfide) groups is 1. The number of rotatable bonds is 8. The molecular formula is C14H18N2O5S. The lowest BCUT2D eigenvalue weighted by Gasteiger charge is -2.13. The van der Waals surface area contributed by atoms with Crippen LogP contribution in [0.1, 0.15) is 41.0 Å². The van der Waals surface area contributed by atoms with Crippen LogP contribution >= 0.6 is 11.8 Å². The number of benzene rings is 1. The largest absolute Gasteiger partial charge is 0.478 e. The Hall–Kier alpha value is -2.09. The number of aromatic carboxylic acids is 1. The summed E-state index contributed by atoms with van der Waals surface area (Å²) in [6.07, 6.45) is 0.769. The second-order valence-electron chi connectivity index (χ2n) is 4.69. The van der Waals surface area contributed by atoms with Crippen LogP contribution in [0.3, 0.4) is 0 Å². The van der Waals surface area contributed by atoms with Gasteiger partial charge in [-0.1, -0.05) is 6.92 Å². The number of nitro groups is 1. The van der Waals surface area contributed by atoms with Crippen molar-refractivity contribution in [2.24, 2.45) is 0 Å². The fourth-order valence-electron chi connectivity index (χ4n) is 1.75. The molecule has 1 aromatic rings. The molecule has 1 rings (SSSR count). The fourth-order valence-corrected chi connectivity index (χ4v) is 2.56. The first-order valence-corrected chi connectivity index (χ1v) is 7.92. The minimum absolute atomic E-state index is 0.0263. The summed E-state index contributed by atoms with van der Waals surface area (Å²) in [6, 6.07) is 3.05. The maximum absolute atomic E-state index is 12.1. The van der Waals surface area contributed by atoms with E-state index in [1.54, 1.807) is 11.8 Å². The Morgan fingerprint density at radius 1 is 1.36 bits per heavy atom. The van der Waals surface area contributed by atoms with Gasteiger partial charge in [-0.25, -0.2) is 4.79 Å². The Morgan fingerprint density at radius 2 is 2.00 bits per heavy atom. The Morgan fingerprint density at radius 3 is 2.55 bits per heavy atom. The third-order valence-corrected chi connectivity index (χ3v) is 3.85. The normalized spacial score (nSPS) is 11.7. The third-order valence-electron chi connectivity index (χ3n) is 2.91. The minimum atomic E-state index is -1.31. The summed E-state index contributed by atoms with van der Waals surface area (Å²) in [5.74, 6) is 0.0613. The molecule has 0 saturated heterocycles. The molecular weight excluding hydrogens is 308 g/mol. The molecule has 1 atom stereocenters. The van der Waals surface area contributed by atoms with Gasteiger partial charge in [0, 0.05) is 23.7 Å². The van der Waals surface area contributed by atoms with Crippen molar-refractivity contribution in [3.8, 4) is 0 Å². The van der Waals surface area contributed by atoms with Gasteiger partial charge in [0.05, 0.1) is 10.5 Å². The molecule has 0 bridgehead atoms. The van der Waals surface area contributed by atoms with Gasteiger partial charge in [0.15, 0.2) is 0 Å². The first kappa shape index (κ1) is 18.0. The number of hydrogen-bond donors (Lipinski definition) is 2.